The Kier molecular flexibility index (Phi) is 8.54. The van der Waals surface area contributed by atoms with Crippen molar-refractivity contribution in [2.45, 2.75) is 57.2 Å². The zero-order valence-electron chi connectivity index (χ0n) is 23.3. The third-order valence-electron chi connectivity index (χ3n) is 9.19. The molecule has 3 fully saturated rings. The summed E-state index contributed by atoms with van der Waals surface area (Å²) in [5.41, 5.74) is 3.93. The highest BCUT2D eigenvalue weighted by Gasteiger charge is 2.39. The summed E-state index contributed by atoms with van der Waals surface area (Å²) < 4.78 is 0. The van der Waals surface area contributed by atoms with Gasteiger partial charge in [0, 0.05) is 50.7 Å². The van der Waals surface area contributed by atoms with Gasteiger partial charge in [0.15, 0.2) is 0 Å². The average Bonchev–Trinajstić information content (AvgIpc) is 3.30. The number of hydrogen-bond donors (Lipinski definition) is 1. The van der Waals surface area contributed by atoms with Crippen molar-refractivity contribution in [3.63, 3.8) is 0 Å². The molecule has 0 aliphatic carbocycles. The number of anilines is 1. The minimum Gasteiger partial charge on any atom is -0.368 e. The number of piperazine rings is 1. The van der Waals surface area contributed by atoms with Crippen LogP contribution in [-0.4, -0.2) is 90.3 Å². The molecule has 3 amide bonds. The van der Waals surface area contributed by atoms with Gasteiger partial charge in [-0.15, -0.1) is 0 Å². The molecular formula is C31H37Cl2N5O3. The number of piperidine rings is 2. The molecule has 0 spiro atoms. The molecule has 4 aliphatic heterocycles. The summed E-state index contributed by atoms with van der Waals surface area (Å²) in [5.74, 6) is -0.741. The Balaban J connectivity index is 0.933. The third-order valence-corrected chi connectivity index (χ3v) is 10.00. The van der Waals surface area contributed by atoms with E-state index in [0.717, 1.165) is 69.9 Å². The summed E-state index contributed by atoms with van der Waals surface area (Å²) in [6.45, 7) is 7.81. The van der Waals surface area contributed by atoms with E-state index in [1.54, 1.807) is 4.90 Å². The molecule has 8 nitrogen and oxygen atoms in total. The number of nitrogens with one attached hydrogen (secondary N) is 1. The SMILES string of the molecule is O=C1CCC(N2Cc3cc(CCCN4CCC(N5CCN(c6cccc(Cl)c6Cl)CC5)CC4)ccc3C2=O)C(=O)N1. The summed E-state index contributed by atoms with van der Waals surface area (Å²) in [5, 5.41) is 3.63. The normalized spacial score (nSPS) is 22.8. The first-order chi connectivity index (χ1) is 19.9. The van der Waals surface area contributed by atoms with Crippen LogP contribution < -0.4 is 10.2 Å². The minimum absolute atomic E-state index is 0.112. The molecule has 0 bridgehead atoms. The van der Waals surface area contributed by atoms with Gasteiger partial charge in [-0.05, 0) is 81.1 Å². The van der Waals surface area contributed by atoms with Gasteiger partial charge < -0.3 is 14.7 Å². The van der Waals surface area contributed by atoms with Crippen LogP contribution in [0.2, 0.25) is 10.0 Å². The molecule has 218 valence electrons. The molecular weight excluding hydrogens is 561 g/mol. The maximum absolute atomic E-state index is 12.9. The molecule has 2 aromatic rings. The highest BCUT2D eigenvalue weighted by Crippen LogP contribution is 2.33. The number of carbonyl (C=O) groups excluding carboxylic acids is 3. The molecule has 2 aromatic carbocycles. The number of amides is 3. The largest absolute Gasteiger partial charge is 0.368 e. The molecule has 4 aliphatic rings. The minimum atomic E-state index is -0.565. The molecule has 3 saturated heterocycles. The van der Waals surface area contributed by atoms with E-state index in [2.05, 4.69) is 32.1 Å². The van der Waals surface area contributed by atoms with Crippen LogP contribution in [0.5, 0.6) is 0 Å². The van der Waals surface area contributed by atoms with Crippen molar-refractivity contribution < 1.29 is 14.4 Å². The lowest BCUT2D eigenvalue weighted by Crippen LogP contribution is -2.53. The topological polar surface area (TPSA) is 76.2 Å². The fraction of sp³-hybridized carbons (Fsp3) is 0.516. The molecule has 0 saturated carbocycles. The molecule has 6 rings (SSSR count). The second-order valence-corrected chi connectivity index (χ2v) is 12.4. The second kappa shape index (κ2) is 12.3. The number of carbonyl (C=O) groups is 3. The van der Waals surface area contributed by atoms with Crippen LogP contribution in [0.15, 0.2) is 36.4 Å². The van der Waals surface area contributed by atoms with Crippen molar-refractivity contribution in [3.05, 3.63) is 63.1 Å². The van der Waals surface area contributed by atoms with Crippen LogP contribution in [0.1, 0.15) is 53.6 Å². The van der Waals surface area contributed by atoms with E-state index in [0.29, 0.717) is 34.6 Å². The lowest BCUT2D eigenvalue weighted by molar-refractivity contribution is -0.136. The van der Waals surface area contributed by atoms with E-state index in [4.69, 9.17) is 23.2 Å². The monoisotopic (exact) mass is 597 g/mol. The van der Waals surface area contributed by atoms with E-state index in [-0.39, 0.29) is 24.1 Å². The van der Waals surface area contributed by atoms with Gasteiger partial charge >= 0.3 is 0 Å². The summed E-state index contributed by atoms with van der Waals surface area (Å²) in [6.07, 6.45) is 5.11. The number of likely N-dealkylation sites (tertiary alicyclic amines) is 1. The van der Waals surface area contributed by atoms with Crippen molar-refractivity contribution >= 4 is 46.6 Å². The predicted molar refractivity (Wildman–Crippen MR) is 161 cm³/mol. The van der Waals surface area contributed by atoms with Crippen LogP contribution in [0.4, 0.5) is 5.69 Å². The lowest BCUT2D eigenvalue weighted by Gasteiger charge is -2.43. The summed E-state index contributed by atoms with van der Waals surface area (Å²) >= 11 is 12.7. The Morgan fingerprint density at radius 3 is 2.44 bits per heavy atom. The maximum atomic E-state index is 12.9. The van der Waals surface area contributed by atoms with Crippen LogP contribution in [0.25, 0.3) is 0 Å². The molecule has 4 heterocycles. The van der Waals surface area contributed by atoms with E-state index in [1.807, 2.05) is 24.3 Å². The number of hydrogen-bond acceptors (Lipinski definition) is 6. The smallest absolute Gasteiger partial charge is 0.255 e. The quantitative estimate of drug-likeness (QED) is 0.487. The fourth-order valence-corrected chi connectivity index (χ4v) is 7.28. The Morgan fingerprint density at radius 1 is 0.902 bits per heavy atom. The first kappa shape index (κ1) is 28.5. The number of rotatable bonds is 7. The molecule has 0 aromatic heterocycles. The van der Waals surface area contributed by atoms with E-state index < -0.39 is 6.04 Å². The van der Waals surface area contributed by atoms with E-state index in [9.17, 15) is 14.4 Å². The Morgan fingerprint density at radius 2 is 1.68 bits per heavy atom. The van der Waals surface area contributed by atoms with Crippen LogP contribution in [-0.2, 0) is 22.6 Å². The van der Waals surface area contributed by atoms with Crippen LogP contribution in [0, 0.1) is 0 Å². The number of benzene rings is 2. The fourth-order valence-electron chi connectivity index (χ4n) is 6.86. The Labute approximate surface area is 251 Å². The van der Waals surface area contributed by atoms with Gasteiger partial charge in [-0.2, -0.15) is 0 Å². The van der Waals surface area contributed by atoms with Gasteiger partial charge in [-0.1, -0.05) is 41.4 Å². The Bertz CT molecular complexity index is 1320. The molecule has 0 radical (unpaired) electrons. The Hall–Kier alpha value is -2.65. The van der Waals surface area contributed by atoms with Crippen LogP contribution in [0.3, 0.4) is 0 Å². The van der Waals surface area contributed by atoms with Gasteiger partial charge in [-0.3, -0.25) is 24.6 Å². The zero-order valence-corrected chi connectivity index (χ0v) is 24.8. The average molecular weight is 599 g/mol. The number of nitrogens with zero attached hydrogens (tertiary/aromatic N) is 4. The second-order valence-electron chi connectivity index (χ2n) is 11.7. The molecule has 41 heavy (non-hydrogen) atoms. The standard InChI is InChI=1S/C31H37Cl2N5O3/c32-25-4-1-5-26(29(25)33)37-17-15-36(16-18-37)23-10-13-35(14-11-23)12-2-3-21-6-7-24-22(19-21)20-38(31(24)41)27-8-9-28(39)34-30(27)40/h1,4-7,19,23,27H,2-3,8-18,20H2,(H,34,39,40). The van der Waals surface area contributed by atoms with Crippen LogP contribution >= 0.6 is 23.2 Å². The molecule has 1 atom stereocenters. The van der Waals surface area contributed by atoms with Crippen molar-refractivity contribution in [2.24, 2.45) is 0 Å². The van der Waals surface area contributed by atoms with Gasteiger partial charge in [0.1, 0.15) is 6.04 Å². The molecule has 1 N–H and O–H groups in total. The van der Waals surface area contributed by atoms with E-state index in [1.165, 1.54) is 18.4 Å². The van der Waals surface area contributed by atoms with E-state index >= 15 is 0 Å². The molecule has 1 unspecified atom stereocenters. The van der Waals surface area contributed by atoms with Crippen molar-refractivity contribution in [1.82, 2.24) is 20.0 Å². The first-order valence-corrected chi connectivity index (χ1v) is 15.5. The van der Waals surface area contributed by atoms with Crippen molar-refractivity contribution in [2.75, 3.05) is 50.7 Å². The van der Waals surface area contributed by atoms with Gasteiger partial charge in [0.25, 0.3) is 5.91 Å². The highest BCUT2D eigenvalue weighted by atomic mass is 35.5. The number of aryl methyl sites for hydroxylation is 1. The lowest BCUT2D eigenvalue weighted by atomic mass is 10.0. The third kappa shape index (κ3) is 6.12. The molecule has 10 heteroatoms. The summed E-state index contributed by atoms with van der Waals surface area (Å²) in [6, 6.07) is 12.0. The van der Waals surface area contributed by atoms with Crippen molar-refractivity contribution in [3.8, 4) is 0 Å². The predicted octanol–water partition coefficient (Wildman–Crippen LogP) is 3.97. The van der Waals surface area contributed by atoms with Gasteiger partial charge in [-0.25, -0.2) is 0 Å². The van der Waals surface area contributed by atoms with Gasteiger partial charge in [0.2, 0.25) is 11.8 Å². The number of imide groups is 1. The highest BCUT2D eigenvalue weighted by molar-refractivity contribution is 6.43. The van der Waals surface area contributed by atoms with Crippen molar-refractivity contribution in [1.29, 1.82) is 0 Å². The summed E-state index contributed by atoms with van der Waals surface area (Å²) in [4.78, 5) is 45.9. The zero-order chi connectivity index (χ0) is 28.5. The first-order valence-electron chi connectivity index (χ1n) is 14.8. The number of halogens is 2. The van der Waals surface area contributed by atoms with Gasteiger partial charge in [0.05, 0.1) is 15.7 Å². The summed E-state index contributed by atoms with van der Waals surface area (Å²) in [7, 11) is 0. The maximum Gasteiger partial charge on any atom is 0.255 e. The number of fused-ring (bicyclic) bond motifs is 1.